The topological polar surface area (TPSA) is 20.3 Å². The number of amides is 1. The molecule has 1 aromatic carbocycles. The number of rotatable bonds is 3. The molecule has 2 rings (SSSR count). The van der Waals surface area contributed by atoms with Crippen molar-refractivity contribution in [2.45, 2.75) is 37.6 Å². The molecule has 2 atom stereocenters. The maximum atomic E-state index is 12.5. The summed E-state index contributed by atoms with van der Waals surface area (Å²) in [6.45, 7) is 2.75. The van der Waals surface area contributed by atoms with E-state index < -0.39 is 0 Å². The zero-order valence-electron chi connectivity index (χ0n) is 10.7. The summed E-state index contributed by atoms with van der Waals surface area (Å²) in [6.07, 6.45) is 2.88. The minimum atomic E-state index is 0.0124. The van der Waals surface area contributed by atoms with Gasteiger partial charge in [-0.05, 0) is 44.4 Å². The second-order valence-corrected chi connectivity index (χ2v) is 6.50. The number of hydrogen-bond acceptors (Lipinski definition) is 1. The monoisotopic (exact) mass is 319 g/mol. The van der Waals surface area contributed by atoms with E-state index in [1.807, 2.05) is 11.8 Å². The van der Waals surface area contributed by atoms with Crippen LogP contribution in [0.3, 0.4) is 0 Å². The maximum absolute atomic E-state index is 12.5. The number of carbonyl (C=O) groups is 1. The summed E-state index contributed by atoms with van der Waals surface area (Å²) in [5, 5.41) is 0.951. The van der Waals surface area contributed by atoms with Crippen molar-refractivity contribution in [2.75, 3.05) is 6.54 Å². The lowest BCUT2D eigenvalue weighted by Crippen LogP contribution is -2.36. The van der Waals surface area contributed by atoms with E-state index in [1.54, 1.807) is 18.2 Å². The molecule has 0 aliphatic carbocycles. The molecule has 0 saturated carbocycles. The van der Waals surface area contributed by atoms with Crippen LogP contribution in [0.5, 0.6) is 0 Å². The van der Waals surface area contributed by atoms with Gasteiger partial charge in [0.2, 0.25) is 0 Å². The normalized spacial score (nSPS) is 20.6. The fourth-order valence-corrected chi connectivity index (χ4v) is 3.02. The molecule has 0 N–H and O–H groups in total. The zero-order chi connectivity index (χ0) is 14.0. The van der Waals surface area contributed by atoms with Crippen LogP contribution in [0.2, 0.25) is 10.0 Å². The Balaban J connectivity index is 2.16. The highest BCUT2D eigenvalue weighted by Gasteiger charge is 2.30. The number of benzene rings is 1. The number of alkyl halides is 1. The van der Waals surface area contributed by atoms with Gasteiger partial charge in [0.1, 0.15) is 0 Å². The molecule has 1 aliphatic rings. The summed E-state index contributed by atoms with van der Waals surface area (Å²) >= 11 is 17.9. The van der Waals surface area contributed by atoms with E-state index in [1.165, 1.54) is 0 Å². The highest BCUT2D eigenvalue weighted by atomic mass is 35.5. The van der Waals surface area contributed by atoms with Crippen molar-refractivity contribution in [3.63, 3.8) is 0 Å². The molecule has 1 aromatic rings. The molecule has 0 spiro atoms. The van der Waals surface area contributed by atoms with E-state index in [0.717, 1.165) is 25.8 Å². The van der Waals surface area contributed by atoms with E-state index in [-0.39, 0.29) is 17.3 Å². The van der Waals surface area contributed by atoms with Crippen LogP contribution in [-0.2, 0) is 0 Å². The standard InChI is InChI=1S/C14H16Cl3NO/c1-9(15)7-11-3-2-6-18(11)14(19)10-4-5-12(16)13(17)8-10/h4-5,8-9,11H,2-3,6-7H2,1H3. The maximum Gasteiger partial charge on any atom is 0.254 e. The first-order valence-electron chi connectivity index (χ1n) is 6.39. The van der Waals surface area contributed by atoms with Gasteiger partial charge in [-0.2, -0.15) is 0 Å². The van der Waals surface area contributed by atoms with Crippen LogP contribution in [0.1, 0.15) is 36.5 Å². The van der Waals surface area contributed by atoms with E-state index in [0.29, 0.717) is 15.6 Å². The number of halogens is 3. The molecule has 19 heavy (non-hydrogen) atoms. The van der Waals surface area contributed by atoms with Gasteiger partial charge in [-0.15, -0.1) is 11.6 Å². The SMILES string of the molecule is CC(Cl)CC1CCCN1C(=O)c1ccc(Cl)c(Cl)c1. The van der Waals surface area contributed by atoms with Gasteiger partial charge in [-0.3, -0.25) is 4.79 Å². The molecule has 0 bridgehead atoms. The predicted octanol–water partition coefficient (Wildman–Crippen LogP) is 4.62. The van der Waals surface area contributed by atoms with Gasteiger partial charge in [0.05, 0.1) is 10.0 Å². The lowest BCUT2D eigenvalue weighted by molar-refractivity contribution is 0.0731. The fraction of sp³-hybridized carbons (Fsp3) is 0.500. The van der Waals surface area contributed by atoms with E-state index >= 15 is 0 Å². The predicted molar refractivity (Wildman–Crippen MR) is 80.5 cm³/mol. The second kappa shape index (κ2) is 6.34. The summed E-state index contributed by atoms with van der Waals surface area (Å²) in [5.41, 5.74) is 0.587. The van der Waals surface area contributed by atoms with Crippen LogP contribution in [0.25, 0.3) is 0 Å². The Morgan fingerprint density at radius 2 is 2.16 bits per heavy atom. The molecular formula is C14H16Cl3NO. The Hall–Kier alpha value is -0.440. The molecule has 1 fully saturated rings. The lowest BCUT2D eigenvalue weighted by Gasteiger charge is -2.25. The minimum Gasteiger partial charge on any atom is -0.336 e. The molecule has 1 saturated heterocycles. The van der Waals surface area contributed by atoms with Crippen molar-refractivity contribution in [3.8, 4) is 0 Å². The highest BCUT2D eigenvalue weighted by Crippen LogP contribution is 2.27. The fourth-order valence-electron chi connectivity index (χ4n) is 2.52. The molecular weight excluding hydrogens is 305 g/mol. The molecule has 2 nitrogen and oxygen atoms in total. The smallest absolute Gasteiger partial charge is 0.254 e. The van der Waals surface area contributed by atoms with Gasteiger partial charge in [-0.1, -0.05) is 23.2 Å². The van der Waals surface area contributed by atoms with Crippen LogP contribution >= 0.6 is 34.8 Å². The lowest BCUT2D eigenvalue weighted by atomic mass is 10.1. The Morgan fingerprint density at radius 1 is 1.42 bits per heavy atom. The van der Waals surface area contributed by atoms with Crippen molar-refractivity contribution in [1.29, 1.82) is 0 Å². The molecule has 1 aliphatic heterocycles. The Kier molecular flexibility index (Phi) is 4.99. The van der Waals surface area contributed by atoms with Gasteiger partial charge in [0.15, 0.2) is 0 Å². The molecule has 104 valence electrons. The van der Waals surface area contributed by atoms with Crippen LogP contribution in [0, 0.1) is 0 Å². The summed E-state index contributed by atoms with van der Waals surface area (Å²) in [5.74, 6) is 0.0124. The van der Waals surface area contributed by atoms with Crippen LogP contribution in [0.15, 0.2) is 18.2 Å². The van der Waals surface area contributed by atoms with Crippen LogP contribution < -0.4 is 0 Å². The number of carbonyl (C=O) groups excluding carboxylic acids is 1. The molecule has 1 heterocycles. The minimum absolute atomic E-state index is 0.0124. The average Bonchev–Trinajstić information content (AvgIpc) is 2.79. The third kappa shape index (κ3) is 3.56. The van der Waals surface area contributed by atoms with Crippen LogP contribution in [0.4, 0.5) is 0 Å². The number of nitrogens with zero attached hydrogens (tertiary/aromatic N) is 1. The third-order valence-electron chi connectivity index (χ3n) is 3.40. The number of likely N-dealkylation sites (tertiary alicyclic amines) is 1. The average molecular weight is 321 g/mol. The van der Waals surface area contributed by atoms with Crippen molar-refractivity contribution in [3.05, 3.63) is 33.8 Å². The summed E-state index contributed by atoms with van der Waals surface area (Å²) < 4.78 is 0. The van der Waals surface area contributed by atoms with Gasteiger partial charge in [0.25, 0.3) is 5.91 Å². The molecule has 0 radical (unpaired) electrons. The quantitative estimate of drug-likeness (QED) is 0.744. The highest BCUT2D eigenvalue weighted by molar-refractivity contribution is 6.42. The Labute approximate surface area is 128 Å². The Morgan fingerprint density at radius 3 is 2.79 bits per heavy atom. The summed E-state index contributed by atoms with van der Waals surface area (Å²) in [4.78, 5) is 14.4. The van der Waals surface area contributed by atoms with E-state index in [2.05, 4.69) is 0 Å². The molecule has 1 amide bonds. The summed E-state index contributed by atoms with van der Waals surface area (Å²) in [6, 6.07) is 5.24. The zero-order valence-corrected chi connectivity index (χ0v) is 13.0. The molecule has 2 unspecified atom stereocenters. The van der Waals surface area contributed by atoms with Gasteiger partial charge in [-0.25, -0.2) is 0 Å². The largest absolute Gasteiger partial charge is 0.336 e. The van der Waals surface area contributed by atoms with Crippen molar-refractivity contribution in [1.82, 2.24) is 4.90 Å². The van der Waals surface area contributed by atoms with Gasteiger partial charge < -0.3 is 4.90 Å². The first-order valence-corrected chi connectivity index (χ1v) is 7.58. The number of hydrogen-bond donors (Lipinski definition) is 0. The van der Waals surface area contributed by atoms with E-state index in [9.17, 15) is 4.79 Å². The van der Waals surface area contributed by atoms with Gasteiger partial charge in [0, 0.05) is 23.5 Å². The van der Waals surface area contributed by atoms with E-state index in [4.69, 9.17) is 34.8 Å². The second-order valence-electron chi connectivity index (χ2n) is 4.94. The Bertz CT molecular complexity index is 476. The third-order valence-corrected chi connectivity index (χ3v) is 4.32. The van der Waals surface area contributed by atoms with Crippen LogP contribution in [-0.4, -0.2) is 28.8 Å². The first-order chi connectivity index (χ1) is 8.99. The first kappa shape index (κ1) is 15.0. The van der Waals surface area contributed by atoms with Crippen molar-refractivity contribution >= 4 is 40.7 Å². The summed E-state index contributed by atoms with van der Waals surface area (Å²) in [7, 11) is 0. The molecule has 5 heteroatoms. The molecule has 0 aromatic heterocycles. The van der Waals surface area contributed by atoms with Crippen molar-refractivity contribution in [2.24, 2.45) is 0 Å². The van der Waals surface area contributed by atoms with Crippen molar-refractivity contribution < 1.29 is 4.79 Å². The van der Waals surface area contributed by atoms with Gasteiger partial charge >= 0.3 is 0 Å².